The number of aromatic nitrogens is 1. The molecule has 2 nitrogen and oxygen atoms in total. The number of halogens is 2. The van der Waals surface area contributed by atoms with Crippen LogP contribution in [0.4, 0.5) is 8.78 Å². The zero-order chi connectivity index (χ0) is 7.84. The molecule has 0 aliphatic rings. The quantitative estimate of drug-likeness (QED) is 0.582. The molecule has 0 aliphatic heterocycles. The van der Waals surface area contributed by atoms with Crippen LogP contribution in [-0.4, -0.2) is 5.16 Å². The predicted octanol–water partition coefficient (Wildman–Crippen LogP) is 2.11. The Morgan fingerprint density at radius 3 is 2.82 bits per heavy atom. The van der Waals surface area contributed by atoms with Gasteiger partial charge >= 0.3 is 0 Å². The van der Waals surface area contributed by atoms with E-state index in [1.54, 1.807) is 0 Å². The highest BCUT2D eigenvalue weighted by Gasteiger charge is 2.10. The third kappa shape index (κ3) is 0.790. The second-order valence-corrected chi connectivity index (χ2v) is 2.09. The van der Waals surface area contributed by atoms with Gasteiger partial charge in [0.05, 0.1) is 0 Å². The molecule has 2 rings (SSSR count). The number of nitrogens with zero attached hydrogens (tertiary/aromatic N) is 1. The van der Waals surface area contributed by atoms with E-state index in [1.165, 1.54) is 12.1 Å². The molecule has 0 atom stereocenters. The van der Waals surface area contributed by atoms with E-state index in [9.17, 15) is 8.78 Å². The maximum atomic E-state index is 12.7. The SMILES string of the molecule is Fc1cccc2onc(F)c12. The molecular formula is C7H3F2NO. The van der Waals surface area contributed by atoms with E-state index < -0.39 is 11.8 Å². The van der Waals surface area contributed by atoms with Crippen LogP contribution in [0.15, 0.2) is 22.7 Å². The summed E-state index contributed by atoms with van der Waals surface area (Å²) < 4.78 is 29.8. The normalized spacial score (nSPS) is 10.7. The van der Waals surface area contributed by atoms with Crippen molar-refractivity contribution in [3.63, 3.8) is 0 Å². The highest BCUT2D eigenvalue weighted by atomic mass is 19.1. The Balaban J connectivity index is 2.96. The van der Waals surface area contributed by atoms with Crippen LogP contribution in [0.25, 0.3) is 11.0 Å². The van der Waals surface area contributed by atoms with Gasteiger partial charge in [-0.25, -0.2) is 4.39 Å². The van der Waals surface area contributed by atoms with Gasteiger partial charge in [-0.05, 0) is 17.3 Å². The second kappa shape index (κ2) is 2.02. The molecule has 0 aliphatic carbocycles. The molecule has 0 spiro atoms. The third-order valence-corrected chi connectivity index (χ3v) is 1.41. The van der Waals surface area contributed by atoms with E-state index in [4.69, 9.17) is 0 Å². The molecule has 2 aromatic rings. The van der Waals surface area contributed by atoms with Gasteiger partial charge in [0, 0.05) is 0 Å². The molecule has 0 N–H and O–H groups in total. The van der Waals surface area contributed by atoms with Crippen molar-refractivity contribution in [2.75, 3.05) is 0 Å². The number of fused-ring (bicyclic) bond motifs is 1. The second-order valence-electron chi connectivity index (χ2n) is 2.09. The maximum Gasteiger partial charge on any atom is 0.264 e. The molecule has 1 aromatic heterocycles. The summed E-state index contributed by atoms with van der Waals surface area (Å²) in [6, 6.07) is 4.04. The summed E-state index contributed by atoms with van der Waals surface area (Å²) in [6.45, 7) is 0. The lowest BCUT2D eigenvalue weighted by Crippen LogP contribution is -1.77. The number of benzene rings is 1. The molecule has 0 unspecified atom stereocenters. The lowest BCUT2D eigenvalue weighted by molar-refractivity contribution is 0.400. The van der Waals surface area contributed by atoms with E-state index in [1.807, 2.05) is 0 Å². The molecule has 0 radical (unpaired) electrons. The van der Waals surface area contributed by atoms with Gasteiger partial charge in [-0.15, -0.1) is 0 Å². The van der Waals surface area contributed by atoms with E-state index in [-0.39, 0.29) is 11.0 Å². The smallest absolute Gasteiger partial charge is 0.264 e. The summed E-state index contributed by atoms with van der Waals surface area (Å²) in [7, 11) is 0. The molecule has 56 valence electrons. The van der Waals surface area contributed by atoms with Crippen molar-refractivity contribution >= 4 is 11.0 Å². The first kappa shape index (κ1) is 6.27. The minimum atomic E-state index is -0.905. The molecular weight excluding hydrogens is 152 g/mol. The fourth-order valence-electron chi connectivity index (χ4n) is 0.916. The summed E-state index contributed by atoms with van der Waals surface area (Å²) in [4.78, 5) is 0. The largest absolute Gasteiger partial charge is 0.353 e. The number of hydrogen-bond donors (Lipinski definition) is 0. The lowest BCUT2D eigenvalue weighted by Gasteiger charge is -1.86. The van der Waals surface area contributed by atoms with Crippen LogP contribution >= 0.6 is 0 Å². The first-order valence-corrected chi connectivity index (χ1v) is 2.98. The number of hydrogen-bond acceptors (Lipinski definition) is 2. The first-order valence-electron chi connectivity index (χ1n) is 2.98. The maximum absolute atomic E-state index is 12.7. The van der Waals surface area contributed by atoms with Crippen molar-refractivity contribution in [1.29, 1.82) is 0 Å². The van der Waals surface area contributed by atoms with Crippen LogP contribution in [-0.2, 0) is 0 Å². The van der Waals surface area contributed by atoms with Gasteiger partial charge in [0.2, 0.25) is 0 Å². The highest BCUT2D eigenvalue weighted by molar-refractivity contribution is 5.76. The molecule has 11 heavy (non-hydrogen) atoms. The summed E-state index contributed by atoms with van der Waals surface area (Å²) >= 11 is 0. The van der Waals surface area contributed by atoms with E-state index in [0.29, 0.717) is 0 Å². The average Bonchev–Trinajstić information content (AvgIpc) is 2.34. The number of rotatable bonds is 0. The van der Waals surface area contributed by atoms with Crippen molar-refractivity contribution in [2.24, 2.45) is 0 Å². The van der Waals surface area contributed by atoms with Crippen LogP contribution in [0, 0.1) is 11.8 Å². The summed E-state index contributed by atoms with van der Waals surface area (Å²) in [5.74, 6) is -1.56. The van der Waals surface area contributed by atoms with Gasteiger partial charge in [0.15, 0.2) is 5.58 Å². The Hall–Kier alpha value is -1.45. The van der Waals surface area contributed by atoms with Crippen molar-refractivity contribution in [3.8, 4) is 0 Å². The Labute approximate surface area is 60.4 Å². The molecule has 0 saturated heterocycles. The van der Waals surface area contributed by atoms with E-state index in [2.05, 4.69) is 9.68 Å². The minimum absolute atomic E-state index is 0.127. The van der Waals surface area contributed by atoms with Gasteiger partial charge in [-0.2, -0.15) is 4.39 Å². The van der Waals surface area contributed by atoms with Crippen molar-refractivity contribution in [2.45, 2.75) is 0 Å². The first-order chi connectivity index (χ1) is 5.29. The molecule has 0 amide bonds. The zero-order valence-corrected chi connectivity index (χ0v) is 5.34. The Bertz CT molecular complexity index is 396. The van der Waals surface area contributed by atoms with Crippen LogP contribution in [0.2, 0.25) is 0 Å². The van der Waals surface area contributed by atoms with Gasteiger partial charge < -0.3 is 4.52 Å². The Morgan fingerprint density at radius 2 is 2.09 bits per heavy atom. The van der Waals surface area contributed by atoms with Crippen molar-refractivity contribution < 1.29 is 13.3 Å². The van der Waals surface area contributed by atoms with Gasteiger partial charge in [0.1, 0.15) is 11.2 Å². The van der Waals surface area contributed by atoms with E-state index in [0.717, 1.165) is 6.07 Å². The molecule has 0 saturated carbocycles. The van der Waals surface area contributed by atoms with Gasteiger partial charge in [-0.3, -0.25) is 0 Å². The molecule has 1 aromatic carbocycles. The third-order valence-electron chi connectivity index (χ3n) is 1.41. The van der Waals surface area contributed by atoms with Crippen molar-refractivity contribution in [1.82, 2.24) is 5.16 Å². The highest BCUT2D eigenvalue weighted by Crippen LogP contribution is 2.19. The summed E-state index contributed by atoms with van der Waals surface area (Å²) in [5.41, 5.74) is 0.127. The van der Waals surface area contributed by atoms with Crippen molar-refractivity contribution in [3.05, 3.63) is 30.0 Å². The fourth-order valence-corrected chi connectivity index (χ4v) is 0.916. The molecule has 1 heterocycles. The average molecular weight is 155 g/mol. The zero-order valence-electron chi connectivity index (χ0n) is 5.34. The van der Waals surface area contributed by atoms with Crippen LogP contribution < -0.4 is 0 Å². The Morgan fingerprint density at radius 1 is 1.27 bits per heavy atom. The van der Waals surface area contributed by atoms with Crippen LogP contribution in [0.3, 0.4) is 0 Å². The molecule has 0 bridgehead atoms. The predicted molar refractivity (Wildman–Crippen MR) is 33.9 cm³/mol. The molecule has 0 fully saturated rings. The summed E-state index contributed by atoms with van der Waals surface area (Å²) in [5, 5.41) is 2.79. The van der Waals surface area contributed by atoms with E-state index >= 15 is 0 Å². The van der Waals surface area contributed by atoms with Crippen LogP contribution in [0.5, 0.6) is 0 Å². The topological polar surface area (TPSA) is 26.0 Å². The minimum Gasteiger partial charge on any atom is -0.353 e. The van der Waals surface area contributed by atoms with Gasteiger partial charge in [-0.1, -0.05) is 6.07 Å². The monoisotopic (exact) mass is 155 g/mol. The lowest BCUT2D eigenvalue weighted by atomic mass is 10.2. The Kier molecular flexibility index (Phi) is 1.15. The fraction of sp³-hybridized carbons (Fsp3) is 0. The van der Waals surface area contributed by atoms with Gasteiger partial charge in [0.25, 0.3) is 5.95 Å². The summed E-state index contributed by atoms with van der Waals surface area (Å²) in [6.07, 6.45) is 0. The molecule has 4 heteroatoms. The standard InChI is InChI=1S/C7H3F2NO/c8-4-2-1-3-5-6(4)7(9)10-11-5/h1-3H. The van der Waals surface area contributed by atoms with Crippen LogP contribution in [0.1, 0.15) is 0 Å².